The molecule has 150 valence electrons. The number of benzene rings is 2. The maximum Gasteiger partial charge on any atom is 0.274 e. The van der Waals surface area contributed by atoms with Crippen molar-refractivity contribution in [1.29, 1.82) is 0 Å². The highest BCUT2D eigenvalue weighted by molar-refractivity contribution is 5.92. The number of hydrogen-bond acceptors (Lipinski definition) is 4. The van der Waals surface area contributed by atoms with Crippen molar-refractivity contribution in [2.24, 2.45) is 0 Å². The SMILES string of the molecule is O=C(c1ccn(COc2ccccc2)n1)N1CCN(Cc2ccc(F)cc2)CC1. The lowest BCUT2D eigenvalue weighted by atomic mass is 10.2. The van der Waals surface area contributed by atoms with E-state index in [1.165, 1.54) is 12.1 Å². The van der Waals surface area contributed by atoms with Gasteiger partial charge >= 0.3 is 0 Å². The Kier molecular flexibility index (Phi) is 5.86. The Bertz CT molecular complexity index is 935. The third-order valence-electron chi connectivity index (χ3n) is 4.95. The zero-order chi connectivity index (χ0) is 20.1. The van der Waals surface area contributed by atoms with Crippen molar-refractivity contribution in [2.45, 2.75) is 13.3 Å². The number of nitrogens with zero attached hydrogens (tertiary/aromatic N) is 4. The molecule has 29 heavy (non-hydrogen) atoms. The summed E-state index contributed by atoms with van der Waals surface area (Å²) in [7, 11) is 0. The molecule has 0 spiro atoms. The summed E-state index contributed by atoms with van der Waals surface area (Å²) in [4.78, 5) is 16.8. The standard InChI is InChI=1S/C22H23FN4O2/c23-19-8-6-18(7-9-19)16-25-12-14-26(15-13-25)22(28)21-10-11-27(24-21)17-29-20-4-2-1-3-5-20/h1-11H,12-17H2. The first-order valence-electron chi connectivity index (χ1n) is 9.65. The van der Waals surface area contributed by atoms with Crippen LogP contribution in [0.4, 0.5) is 4.39 Å². The minimum atomic E-state index is -0.224. The first-order valence-corrected chi connectivity index (χ1v) is 9.65. The third kappa shape index (κ3) is 5.00. The molecule has 1 aliphatic rings. The summed E-state index contributed by atoms with van der Waals surface area (Å²) in [5.74, 6) is 0.468. The van der Waals surface area contributed by atoms with E-state index in [2.05, 4.69) is 10.00 Å². The van der Waals surface area contributed by atoms with E-state index < -0.39 is 0 Å². The fraction of sp³-hybridized carbons (Fsp3) is 0.273. The molecule has 2 aromatic carbocycles. The monoisotopic (exact) mass is 394 g/mol. The van der Waals surface area contributed by atoms with Crippen molar-refractivity contribution < 1.29 is 13.9 Å². The molecule has 0 aliphatic carbocycles. The molecular formula is C22H23FN4O2. The van der Waals surface area contributed by atoms with Gasteiger partial charge in [0, 0.05) is 38.9 Å². The summed E-state index contributed by atoms with van der Waals surface area (Å²) in [5.41, 5.74) is 1.50. The molecule has 1 aliphatic heterocycles. The first kappa shape index (κ1) is 19.1. The number of hydrogen-bond donors (Lipinski definition) is 0. The number of para-hydroxylation sites is 1. The van der Waals surface area contributed by atoms with Crippen molar-refractivity contribution in [3.8, 4) is 5.75 Å². The van der Waals surface area contributed by atoms with E-state index in [-0.39, 0.29) is 18.5 Å². The predicted molar refractivity (Wildman–Crippen MR) is 107 cm³/mol. The van der Waals surface area contributed by atoms with Crippen LogP contribution in [0.25, 0.3) is 0 Å². The molecule has 1 fully saturated rings. The van der Waals surface area contributed by atoms with Gasteiger partial charge in [-0.2, -0.15) is 5.10 Å². The van der Waals surface area contributed by atoms with Gasteiger partial charge in [0.05, 0.1) is 0 Å². The van der Waals surface area contributed by atoms with Crippen LogP contribution in [0.1, 0.15) is 16.1 Å². The van der Waals surface area contributed by atoms with E-state index >= 15 is 0 Å². The fourth-order valence-electron chi connectivity index (χ4n) is 3.32. The van der Waals surface area contributed by atoms with Crippen molar-refractivity contribution in [3.63, 3.8) is 0 Å². The van der Waals surface area contributed by atoms with Gasteiger partial charge in [0.25, 0.3) is 5.91 Å². The van der Waals surface area contributed by atoms with Crippen LogP contribution in [0.3, 0.4) is 0 Å². The molecule has 7 heteroatoms. The maximum atomic E-state index is 13.0. The Hall–Kier alpha value is -3.19. The van der Waals surface area contributed by atoms with Crippen molar-refractivity contribution in [1.82, 2.24) is 19.6 Å². The number of aromatic nitrogens is 2. The lowest BCUT2D eigenvalue weighted by Gasteiger charge is -2.34. The van der Waals surface area contributed by atoms with Crippen LogP contribution < -0.4 is 4.74 Å². The average molecular weight is 394 g/mol. The molecule has 0 N–H and O–H groups in total. The highest BCUT2D eigenvalue weighted by atomic mass is 19.1. The number of ether oxygens (including phenoxy) is 1. The first-order chi connectivity index (χ1) is 14.2. The Morgan fingerprint density at radius 2 is 1.69 bits per heavy atom. The van der Waals surface area contributed by atoms with Gasteiger partial charge in [-0.25, -0.2) is 9.07 Å². The summed E-state index contributed by atoms with van der Waals surface area (Å²) in [6, 6.07) is 17.8. The summed E-state index contributed by atoms with van der Waals surface area (Å²) in [6.45, 7) is 3.86. The Morgan fingerprint density at radius 1 is 0.966 bits per heavy atom. The van der Waals surface area contributed by atoms with Crippen LogP contribution >= 0.6 is 0 Å². The molecule has 1 amide bonds. The summed E-state index contributed by atoms with van der Waals surface area (Å²) in [5, 5.41) is 4.35. The van der Waals surface area contributed by atoms with Crippen molar-refractivity contribution in [3.05, 3.63) is 83.9 Å². The van der Waals surface area contributed by atoms with E-state index in [1.807, 2.05) is 35.2 Å². The lowest BCUT2D eigenvalue weighted by Crippen LogP contribution is -2.48. The largest absolute Gasteiger partial charge is 0.471 e. The van der Waals surface area contributed by atoms with E-state index in [0.29, 0.717) is 18.8 Å². The summed E-state index contributed by atoms with van der Waals surface area (Å²) >= 11 is 0. The molecule has 0 unspecified atom stereocenters. The van der Waals surface area contributed by atoms with E-state index in [1.54, 1.807) is 29.1 Å². The molecule has 4 rings (SSSR count). The molecular weight excluding hydrogens is 371 g/mol. The van der Waals surface area contributed by atoms with Crippen molar-refractivity contribution in [2.75, 3.05) is 26.2 Å². The second-order valence-electron chi connectivity index (χ2n) is 7.02. The fourth-order valence-corrected chi connectivity index (χ4v) is 3.32. The molecule has 0 atom stereocenters. The molecule has 2 heterocycles. The van der Waals surface area contributed by atoms with Gasteiger partial charge in [0.2, 0.25) is 0 Å². The van der Waals surface area contributed by atoms with Gasteiger partial charge in [-0.3, -0.25) is 9.69 Å². The molecule has 0 bridgehead atoms. The van der Waals surface area contributed by atoms with Gasteiger partial charge in [-0.05, 0) is 35.9 Å². The van der Waals surface area contributed by atoms with Crippen LogP contribution in [-0.4, -0.2) is 51.7 Å². The number of piperazine rings is 1. The van der Waals surface area contributed by atoms with Crippen LogP contribution in [0.15, 0.2) is 66.9 Å². The minimum absolute atomic E-state index is 0.0649. The quantitative estimate of drug-likeness (QED) is 0.645. The molecule has 1 aromatic heterocycles. The summed E-state index contributed by atoms with van der Waals surface area (Å²) < 4.78 is 20.3. The van der Waals surface area contributed by atoms with Gasteiger partial charge in [-0.15, -0.1) is 0 Å². The van der Waals surface area contributed by atoms with E-state index in [0.717, 1.165) is 30.9 Å². The van der Waals surface area contributed by atoms with Crippen LogP contribution in [0, 0.1) is 5.82 Å². The van der Waals surface area contributed by atoms with E-state index in [9.17, 15) is 9.18 Å². The Balaban J connectivity index is 1.27. The predicted octanol–water partition coefficient (Wildman–Crippen LogP) is 3.02. The topological polar surface area (TPSA) is 50.6 Å². The second-order valence-corrected chi connectivity index (χ2v) is 7.02. The maximum absolute atomic E-state index is 13.0. The number of carbonyl (C=O) groups is 1. The summed E-state index contributed by atoms with van der Waals surface area (Å²) in [6.07, 6.45) is 1.75. The molecule has 0 radical (unpaired) electrons. The van der Waals surface area contributed by atoms with Crippen LogP contribution in [0.5, 0.6) is 5.75 Å². The average Bonchev–Trinajstić information content (AvgIpc) is 3.24. The van der Waals surface area contributed by atoms with Crippen LogP contribution in [0.2, 0.25) is 0 Å². The highest BCUT2D eigenvalue weighted by Crippen LogP contribution is 2.13. The van der Waals surface area contributed by atoms with Crippen molar-refractivity contribution >= 4 is 5.91 Å². The van der Waals surface area contributed by atoms with E-state index in [4.69, 9.17) is 4.74 Å². The Morgan fingerprint density at radius 3 is 2.41 bits per heavy atom. The van der Waals surface area contributed by atoms with Gasteiger partial charge in [-0.1, -0.05) is 30.3 Å². The molecule has 6 nitrogen and oxygen atoms in total. The normalized spacial score (nSPS) is 14.7. The molecule has 0 saturated carbocycles. The van der Waals surface area contributed by atoms with Gasteiger partial charge in [0.1, 0.15) is 11.6 Å². The number of amides is 1. The Labute approximate surface area is 169 Å². The number of carbonyl (C=O) groups excluding carboxylic acids is 1. The highest BCUT2D eigenvalue weighted by Gasteiger charge is 2.23. The van der Waals surface area contributed by atoms with Crippen LogP contribution in [-0.2, 0) is 13.3 Å². The van der Waals surface area contributed by atoms with Gasteiger partial charge in [0.15, 0.2) is 12.4 Å². The number of halogens is 1. The third-order valence-corrected chi connectivity index (χ3v) is 4.95. The minimum Gasteiger partial charge on any atom is -0.471 e. The number of rotatable bonds is 6. The zero-order valence-corrected chi connectivity index (χ0v) is 16.1. The smallest absolute Gasteiger partial charge is 0.274 e. The van der Waals surface area contributed by atoms with Gasteiger partial charge < -0.3 is 9.64 Å². The lowest BCUT2D eigenvalue weighted by molar-refractivity contribution is 0.0621. The molecule has 3 aromatic rings. The zero-order valence-electron chi connectivity index (χ0n) is 16.1. The molecule has 1 saturated heterocycles. The second kappa shape index (κ2) is 8.87.